The third-order valence-electron chi connectivity index (χ3n) is 0.303. The fourth-order valence-corrected chi connectivity index (χ4v) is 0.250. The van der Waals surface area contributed by atoms with Crippen LogP contribution in [0.3, 0.4) is 0 Å². The lowest BCUT2D eigenvalue weighted by Gasteiger charge is -1.82. The Morgan fingerprint density at radius 2 is 2.25 bits per heavy atom. The summed E-state index contributed by atoms with van der Waals surface area (Å²) in [5, 5.41) is 1.76. The van der Waals surface area contributed by atoms with Gasteiger partial charge in [0, 0.05) is 0 Å². The van der Waals surface area contributed by atoms with Crippen LogP contribution in [0.1, 0.15) is 0 Å². The molecule has 0 bridgehead atoms. The van der Waals surface area contributed by atoms with Gasteiger partial charge in [0.2, 0.25) is 0 Å². The van der Waals surface area contributed by atoms with Gasteiger partial charge in [0.15, 0.2) is 0 Å². The standard InChI is InChI=1S/C2H3OS/c3-4-1-2-4/h1H,2H2/q-1. The van der Waals surface area contributed by atoms with Crippen molar-refractivity contribution in [3.8, 4) is 0 Å². The Morgan fingerprint density at radius 3 is 2.25 bits per heavy atom. The van der Waals surface area contributed by atoms with Crippen LogP contribution in [0.2, 0.25) is 0 Å². The molecule has 0 fully saturated rings. The van der Waals surface area contributed by atoms with E-state index in [0.717, 1.165) is 5.75 Å². The first-order valence-electron chi connectivity index (χ1n) is 1.10. The summed E-state index contributed by atoms with van der Waals surface area (Å²) in [5.74, 6) is 0.833. The molecule has 0 saturated heterocycles. The van der Waals surface area contributed by atoms with Gasteiger partial charge in [0.25, 0.3) is 0 Å². The zero-order valence-corrected chi connectivity index (χ0v) is 2.92. The van der Waals surface area contributed by atoms with E-state index in [9.17, 15) is 4.55 Å². The first-order chi connectivity index (χ1) is 1.89. The molecule has 0 aromatic heterocycles. The molecule has 0 aromatic rings. The van der Waals surface area contributed by atoms with Crippen molar-refractivity contribution in [1.82, 2.24) is 0 Å². The van der Waals surface area contributed by atoms with Crippen LogP contribution < -0.4 is 0 Å². The van der Waals surface area contributed by atoms with Gasteiger partial charge in [-0.1, -0.05) is 5.37 Å². The number of rotatable bonds is 0. The molecule has 1 nitrogen and oxygen atoms in total. The minimum Gasteiger partial charge on any atom is -0.803 e. The minimum atomic E-state index is -0.486. The molecule has 2 heteroatoms. The molecule has 1 atom stereocenters. The maximum absolute atomic E-state index is 9.61. The second-order valence-corrected chi connectivity index (χ2v) is 2.14. The third-order valence-corrected chi connectivity index (χ3v) is 0.908. The molecule has 0 saturated carbocycles. The van der Waals surface area contributed by atoms with E-state index in [1.54, 1.807) is 5.37 Å². The van der Waals surface area contributed by atoms with Gasteiger partial charge in [-0.25, -0.2) is 0 Å². The topological polar surface area (TPSA) is 23.1 Å². The maximum atomic E-state index is 9.61. The van der Waals surface area contributed by atoms with Crippen LogP contribution in [0.5, 0.6) is 0 Å². The molecule has 1 heterocycles. The zero-order chi connectivity index (χ0) is 2.99. The SMILES string of the molecule is [O-]S1=CC1. The fraction of sp³-hybridized carbons (Fsp3) is 0.500. The van der Waals surface area contributed by atoms with Crippen molar-refractivity contribution in [3.63, 3.8) is 0 Å². The summed E-state index contributed by atoms with van der Waals surface area (Å²) in [7, 11) is -0.486. The van der Waals surface area contributed by atoms with Gasteiger partial charge in [0.05, 0.1) is 0 Å². The molecule has 0 radical (unpaired) electrons. The molecule has 0 aliphatic carbocycles. The van der Waals surface area contributed by atoms with E-state index < -0.39 is 10.8 Å². The fourth-order valence-electron chi connectivity index (χ4n) is 0.0278. The summed E-state index contributed by atoms with van der Waals surface area (Å²) in [5.41, 5.74) is 0. The average molecular weight is 75.1 g/mol. The summed E-state index contributed by atoms with van der Waals surface area (Å²) in [6.45, 7) is 0. The molecule has 1 unspecified atom stereocenters. The van der Waals surface area contributed by atoms with E-state index in [-0.39, 0.29) is 0 Å². The molecule has 24 valence electrons. The summed E-state index contributed by atoms with van der Waals surface area (Å²) in [6, 6.07) is 0. The molecule has 4 heavy (non-hydrogen) atoms. The Labute approximate surface area is 27.4 Å². The smallest absolute Gasteiger partial charge is 0.00278 e. The lowest BCUT2D eigenvalue weighted by atomic mass is 11.0. The summed E-state index contributed by atoms with van der Waals surface area (Å²) >= 11 is 0. The molecule has 1 aliphatic rings. The van der Waals surface area contributed by atoms with Crippen LogP contribution in [0, 0.1) is 0 Å². The van der Waals surface area contributed by atoms with Crippen molar-refractivity contribution in [1.29, 1.82) is 0 Å². The Kier molecular flexibility index (Phi) is 0.341. The van der Waals surface area contributed by atoms with Gasteiger partial charge in [0.1, 0.15) is 0 Å². The second kappa shape index (κ2) is 0.563. The second-order valence-electron chi connectivity index (χ2n) is 0.714. The first kappa shape index (κ1) is 2.42. The zero-order valence-electron chi connectivity index (χ0n) is 2.10. The van der Waals surface area contributed by atoms with Gasteiger partial charge in [-0.15, -0.1) is 0 Å². The van der Waals surface area contributed by atoms with Crippen LogP contribution in [0.4, 0.5) is 0 Å². The molecule has 0 aromatic carbocycles. The molecule has 0 spiro atoms. The molecule has 1 aliphatic heterocycles. The van der Waals surface area contributed by atoms with E-state index in [1.165, 1.54) is 0 Å². The van der Waals surface area contributed by atoms with E-state index in [4.69, 9.17) is 0 Å². The van der Waals surface area contributed by atoms with Crippen molar-refractivity contribution >= 4 is 16.1 Å². The number of hydrogen-bond donors (Lipinski definition) is 0. The average Bonchev–Trinajstić information content (AvgIpc) is 1.75. The van der Waals surface area contributed by atoms with Gasteiger partial charge in [-0.3, -0.25) is 10.8 Å². The summed E-state index contributed by atoms with van der Waals surface area (Å²) in [6.07, 6.45) is 0. The highest BCUT2D eigenvalue weighted by atomic mass is 32.2. The van der Waals surface area contributed by atoms with Crippen molar-refractivity contribution in [2.75, 3.05) is 5.75 Å². The van der Waals surface area contributed by atoms with Crippen LogP contribution in [0.15, 0.2) is 0 Å². The van der Waals surface area contributed by atoms with Crippen molar-refractivity contribution < 1.29 is 4.55 Å². The number of hydrogen-bond acceptors (Lipinski definition) is 1. The van der Waals surface area contributed by atoms with Crippen molar-refractivity contribution in [2.45, 2.75) is 0 Å². The Hall–Kier alpha value is 0.180. The molecule has 1 rings (SSSR count). The molecular weight excluding hydrogens is 72.1 g/mol. The third kappa shape index (κ3) is 0.300. The van der Waals surface area contributed by atoms with Gasteiger partial charge in [-0.2, -0.15) is 0 Å². The monoisotopic (exact) mass is 75.0 g/mol. The van der Waals surface area contributed by atoms with E-state index in [2.05, 4.69) is 0 Å². The highest BCUT2D eigenvalue weighted by Crippen LogP contribution is 2.13. The largest absolute Gasteiger partial charge is 0.803 e. The quantitative estimate of drug-likeness (QED) is 0.377. The lowest BCUT2D eigenvalue weighted by Crippen LogP contribution is -1.35. The highest BCUT2D eigenvalue weighted by molar-refractivity contribution is 8.18. The van der Waals surface area contributed by atoms with E-state index >= 15 is 0 Å². The van der Waals surface area contributed by atoms with Crippen LogP contribution in [-0.2, 0) is 0 Å². The van der Waals surface area contributed by atoms with Crippen molar-refractivity contribution in [3.05, 3.63) is 0 Å². The normalized spacial score (nSPS) is 37.8. The first-order valence-corrected chi connectivity index (χ1v) is 2.48. The lowest BCUT2D eigenvalue weighted by molar-refractivity contribution is 0.623. The molecular formula is C2H3OS-. The molecule has 0 amide bonds. The van der Waals surface area contributed by atoms with Gasteiger partial charge in [-0.05, 0) is 5.75 Å². The Balaban J connectivity index is 2.54. The van der Waals surface area contributed by atoms with E-state index in [1.807, 2.05) is 0 Å². The predicted molar refractivity (Wildman–Crippen MR) is 19.3 cm³/mol. The minimum absolute atomic E-state index is 0.486. The Bertz CT molecular complexity index is 57.1. The predicted octanol–water partition coefficient (Wildman–Crippen LogP) is 0.202. The van der Waals surface area contributed by atoms with Gasteiger partial charge >= 0.3 is 0 Å². The van der Waals surface area contributed by atoms with E-state index in [0.29, 0.717) is 0 Å². The Morgan fingerprint density at radius 1 is 2.00 bits per heavy atom. The summed E-state index contributed by atoms with van der Waals surface area (Å²) in [4.78, 5) is 0. The van der Waals surface area contributed by atoms with Crippen LogP contribution in [0.25, 0.3) is 0 Å². The molecule has 0 N–H and O–H groups in total. The van der Waals surface area contributed by atoms with Crippen molar-refractivity contribution in [2.24, 2.45) is 0 Å². The highest BCUT2D eigenvalue weighted by Gasteiger charge is 1.82. The van der Waals surface area contributed by atoms with Crippen LogP contribution in [-0.4, -0.2) is 15.7 Å². The maximum Gasteiger partial charge on any atom is -0.00278 e. The summed E-state index contributed by atoms with van der Waals surface area (Å²) < 4.78 is 9.61. The van der Waals surface area contributed by atoms with Crippen LogP contribution >= 0.6 is 10.8 Å². The van der Waals surface area contributed by atoms with Gasteiger partial charge < -0.3 is 4.55 Å².